The number of hydrogen-bond acceptors (Lipinski definition) is 3. The molecular formula is C15H14ClN3O. The number of nitrogens with two attached hydrogens (primary N) is 1. The van der Waals surface area contributed by atoms with Gasteiger partial charge in [-0.15, -0.1) is 0 Å². The summed E-state index contributed by atoms with van der Waals surface area (Å²) in [7, 11) is 0. The molecule has 1 aromatic heterocycles. The maximum absolute atomic E-state index is 6.10. The smallest absolute Gasteiger partial charge is 0.146 e. The summed E-state index contributed by atoms with van der Waals surface area (Å²) in [5.74, 6) is 2.24. The number of anilines is 1. The first-order valence-corrected chi connectivity index (χ1v) is 6.75. The molecule has 0 aliphatic heterocycles. The second-order valence-electron chi connectivity index (χ2n) is 4.51. The molecule has 3 N–H and O–H groups in total. The molecule has 3 aromatic rings. The van der Waals surface area contributed by atoms with Gasteiger partial charge >= 0.3 is 0 Å². The largest absolute Gasteiger partial charge is 0.456 e. The van der Waals surface area contributed by atoms with Crippen LogP contribution in [0.5, 0.6) is 11.5 Å². The molecule has 0 saturated heterocycles. The van der Waals surface area contributed by atoms with Crippen molar-refractivity contribution in [2.45, 2.75) is 13.3 Å². The van der Waals surface area contributed by atoms with Gasteiger partial charge in [0.25, 0.3) is 0 Å². The highest BCUT2D eigenvalue weighted by atomic mass is 35.5. The zero-order valence-corrected chi connectivity index (χ0v) is 11.7. The number of nitrogens with one attached hydrogen (secondary N) is 1. The molecule has 4 nitrogen and oxygen atoms in total. The van der Waals surface area contributed by atoms with Crippen molar-refractivity contribution < 1.29 is 4.74 Å². The van der Waals surface area contributed by atoms with Crippen LogP contribution in [0.1, 0.15) is 12.7 Å². The van der Waals surface area contributed by atoms with Gasteiger partial charge in [0.15, 0.2) is 0 Å². The van der Waals surface area contributed by atoms with E-state index in [1.165, 1.54) is 0 Å². The van der Waals surface area contributed by atoms with Crippen LogP contribution in [0.15, 0.2) is 36.4 Å². The highest BCUT2D eigenvalue weighted by Gasteiger charge is 2.06. The van der Waals surface area contributed by atoms with Crippen LogP contribution in [0.3, 0.4) is 0 Å². The number of fused-ring (bicyclic) bond motifs is 1. The minimum atomic E-state index is 0.490. The number of benzene rings is 2. The van der Waals surface area contributed by atoms with Gasteiger partial charge in [-0.2, -0.15) is 0 Å². The van der Waals surface area contributed by atoms with Gasteiger partial charge in [-0.05, 0) is 30.3 Å². The zero-order valence-electron chi connectivity index (χ0n) is 11.0. The zero-order chi connectivity index (χ0) is 14.1. The van der Waals surface area contributed by atoms with E-state index in [0.717, 1.165) is 23.3 Å². The fraction of sp³-hybridized carbons (Fsp3) is 0.133. The maximum atomic E-state index is 6.10. The summed E-state index contributed by atoms with van der Waals surface area (Å²) in [5, 5.41) is 0.490. The number of nitrogens with zero attached hydrogens (tertiary/aromatic N) is 1. The Balaban J connectivity index is 1.93. The van der Waals surface area contributed by atoms with Crippen LogP contribution < -0.4 is 10.5 Å². The number of aromatic amines is 1. The Morgan fingerprint density at radius 1 is 1.25 bits per heavy atom. The average molecular weight is 288 g/mol. The van der Waals surface area contributed by atoms with E-state index in [0.29, 0.717) is 22.2 Å². The van der Waals surface area contributed by atoms with Gasteiger partial charge in [0.2, 0.25) is 0 Å². The van der Waals surface area contributed by atoms with Crippen molar-refractivity contribution in [2.75, 3.05) is 5.73 Å². The Morgan fingerprint density at radius 3 is 2.85 bits per heavy atom. The molecule has 5 heteroatoms. The van der Waals surface area contributed by atoms with Crippen LogP contribution in [0.2, 0.25) is 5.02 Å². The van der Waals surface area contributed by atoms with E-state index in [-0.39, 0.29) is 0 Å². The Bertz CT molecular complexity index is 767. The van der Waals surface area contributed by atoms with E-state index >= 15 is 0 Å². The van der Waals surface area contributed by atoms with Crippen molar-refractivity contribution in [1.29, 1.82) is 0 Å². The first-order chi connectivity index (χ1) is 9.65. The van der Waals surface area contributed by atoms with E-state index < -0.39 is 0 Å². The molecule has 0 fully saturated rings. The molecule has 0 aliphatic rings. The minimum Gasteiger partial charge on any atom is -0.456 e. The molecule has 20 heavy (non-hydrogen) atoms. The summed E-state index contributed by atoms with van der Waals surface area (Å²) in [6, 6.07) is 10.9. The van der Waals surface area contributed by atoms with Crippen LogP contribution in [0, 0.1) is 0 Å². The summed E-state index contributed by atoms with van der Waals surface area (Å²) in [5.41, 5.74) is 8.15. The average Bonchev–Trinajstić information content (AvgIpc) is 2.84. The molecule has 0 aliphatic carbocycles. The van der Waals surface area contributed by atoms with E-state index in [1.54, 1.807) is 18.2 Å². The fourth-order valence-corrected chi connectivity index (χ4v) is 2.23. The lowest BCUT2D eigenvalue weighted by molar-refractivity contribution is 0.483. The van der Waals surface area contributed by atoms with Crippen molar-refractivity contribution in [3.05, 3.63) is 47.2 Å². The normalized spacial score (nSPS) is 10.9. The molecule has 0 atom stereocenters. The quantitative estimate of drug-likeness (QED) is 0.711. The number of ether oxygens (including phenoxy) is 1. The van der Waals surface area contributed by atoms with E-state index in [4.69, 9.17) is 22.1 Å². The molecule has 0 bridgehead atoms. The summed E-state index contributed by atoms with van der Waals surface area (Å²) in [4.78, 5) is 7.71. The predicted octanol–water partition coefficient (Wildman–Crippen LogP) is 4.15. The van der Waals surface area contributed by atoms with Gasteiger partial charge < -0.3 is 15.5 Å². The first kappa shape index (κ1) is 12.8. The SMILES string of the molecule is CCc1nc2ccc(Oc3ccc(N)cc3Cl)cc2[nH]1. The first-order valence-electron chi connectivity index (χ1n) is 6.37. The Hall–Kier alpha value is -2.20. The van der Waals surface area contributed by atoms with Gasteiger partial charge in [-0.25, -0.2) is 4.98 Å². The number of rotatable bonds is 3. The summed E-state index contributed by atoms with van der Waals surface area (Å²) >= 11 is 6.10. The lowest BCUT2D eigenvalue weighted by Gasteiger charge is -2.07. The van der Waals surface area contributed by atoms with Gasteiger partial charge in [-0.3, -0.25) is 0 Å². The third-order valence-corrected chi connectivity index (χ3v) is 3.32. The number of nitrogen functional groups attached to an aromatic ring is 1. The van der Waals surface area contributed by atoms with Crippen LogP contribution in [-0.2, 0) is 6.42 Å². The molecule has 3 rings (SSSR count). The number of halogens is 1. The van der Waals surface area contributed by atoms with Crippen LogP contribution in [0.4, 0.5) is 5.69 Å². The molecule has 0 amide bonds. The molecule has 0 saturated carbocycles. The second-order valence-corrected chi connectivity index (χ2v) is 4.92. The van der Waals surface area contributed by atoms with Crippen molar-refractivity contribution in [2.24, 2.45) is 0 Å². The Morgan fingerprint density at radius 2 is 2.10 bits per heavy atom. The third-order valence-electron chi connectivity index (χ3n) is 3.02. The lowest BCUT2D eigenvalue weighted by atomic mass is 10.3. The van der Waals surface area contributed by atoms with Crippen LogP contribution in [-0.4, -0.2) is 9.97 Å². The predicted molar refractivity (Wildman–Crippen MR) is 81.4 cm³/mol. The summed E-state index contributed by atoms with van der Waals surface area (Å²) < 4.78 is 5.78. The molecule has 0 radical (unpaired) electrons. The molecular weight excluding hydrogens is 274 g/mol. The topological polar surface area (TPSA) is 63.9 Å². The highest BCUT2D eigenvalue weighted by molar-refractivity contribution is 6.32. The molecule has 1 heterocycles. The third kappa shape index (κ3) is 2.42. The molecule has 0 spiro atoms. The van der Waals surface area contributed by atoms with E-state index in [2.05, 4.69) is 16.9 Å². The van der Waals surface area contributed by atoms with Crippen LogP contribution >= 0.6 is 11.6 Å². The Kier molecular flexibility index (Phi) is 3.24. The fourth-order valence-electron chi connectivity index (χ4n) is 2.00. The van der Waals surface area contributed by atoms with E-state index in [1.807, 2.05) is 18.2 Å². The number of hydrogen-bond donors (Lipinski definition) is 2. The van der Waals surface area contributed by atoms with E-state index in [9.17, 15) is 0 Å². The Labute approximate surface area is 121 Å². The monoisotopic (exact) mass is 287 g/mol. The number of aromatic nitrogens is 2. The van der Waals surface area contributed by atoms with Crippen LogP contribution in [0.25, 0.3) is 11.0 Å². The number of aryl methyl sites for hydroxylation is 1. The van der Waals surface area contributed by atoms with Gasteiger partial charge in [0.1, 0.15) is 17.3 Å². The summed E-state index contributed by atoms with van der Waals surface area (Å²) in [6.45, 7) is 2.06. The lowest BCUT2D eigenvalue weighted by Crippen LogP contribution is -1.88. The van der Waals surface area contributed by atoms with Crippen molar-refractivity contribution in [1.82, 2.24) is 9.97 Å². The van der Waals surface area contributed by atoms with Gasteiger partial charge in [0.05, 0.1) is 16.1 Å². The second kappa shape index (κ2) is 5.06. The van der Waals surface area contributed by atoms with Crippen molar-refractivity contribution in [3.63, 3.8) is 0 Å². The van der Waals surface area contributed by atoms with Gasteiger partial charge in [0, 0.05) is 18.2 Å². The molecule has 2 aromatic carbocycles. The van der Waals surface area contributed by atoms with Crippen molar-refractivity contribution in [3.8, 4) is 11.5 Å². The maximum Gasteiger partial charge on any atom is 0.146 e. The minimum absolute atomic E-state index is 0.490. The van der Waals surface area contributed by atoms with Gasteiger partial charge in [-0.1, -0.05) is 18.5 Å². The molecule has 102 valence electrons. The number of imidazole rings is 1. The molecule has 0 unspecified atom stereocenters. The highest BCUT2D eigenvalue weighted by Crippen LogP contribution is 2.31. The number of H-pyrrole nitrogens is 1. The van der Waals surface area contributed by atoms with Crippen molar-refractivity contribution >= 4 is 28.3 Å². The standard InChI is InChI=1S/C15H14ClN3O/c1-2-15-18-12-5-4-10(8-13(12)19-15)20-14-6-3-9(17)7-11(14)16/h3-8H,2,17H2,1H3,(H,18,19). The summed E-state index contributed by atoms with van der Waals surface area (Å²) in [6.07, 6.45) is 0.870.